The van der Waals surface area contributed by atoms with Crippen molar-refractivity contribution in [1.82, 2.24) is 5.32 Å². The molecule has 1 rings (SSSR count). The van der Waals surface area contributed by atoms with Crippen molar-refractivity contribution < 1.29 is 4.79 Å². The molecule has 0 bridgehead atoms. The van der Waals surface area contributed by atoms with Crippen molar-refractivity contribution in [2.45, 2.75) is 64.5 Å². The summed E-state index contributed by atoms with van der Waals surface area (Å²) in [5.41, 5.74) is 5.90. The van der Waals surface area contributed by atoms with Gasteiger partial charge in [0.2, 0.25) is 5.91 Å². The second-order valence-corrected chi connectivity index (χ2v) is 6.93. The van der Waals surface area contributed by atoms with Crippen LogP contribution in [-0.4, -0.2) is 30.0 Å². The van der Waals surface area contributed by atoms with Crippen LogP contribution < -0.4 is 11.1 Å². The molecule has 1 amide bonds. The molecule has 1 aliphatic carbocycles. The number of carbonyl (C=O) groups is 1. The lowest BCUT2D eigenvalue weighted by atomic mass is 9.78. The van der Waals surface area contributed by atoms with Gasteiger partial charge in [0, 0.05) is 6.04 Å². The fourth-order valence-corrected chi connectivity index (χ4v) is 3.40. The van der Waals surface area contributed by atoms with Gasteiger partial charge in [0.05, 0.1) is 6.04 Å². The highest BCUT2D eigenvalue weighted by atomic mass is 35.5. The Morgan fingerprint density at radius 3 is 2.45 bits per heavy atom. The molecule has 5 heteroatoms. The maximum Gasteiger partial charge on any atom is 0.237 e. The number of hydrogen-bond donors (Lipinski definition) is 2. The van der Waals surface area contributed by atoms with E-state index in [1.54, 1.807) is 11.8 Å². The van der Waals surface area contributed by atoms with Crippen LogP contribution in [-0.2, 0) is 4.79 Å². The number of thioether (sulfide) groups is 1. The van der Waals surface area contributed by atoms with Crippen LogP contribution in [0.15, 0.2) is 0 Å². The summed E-state index contributed by atoms with van der Waals surface area (Å²) in [5.74, 6) is 2.29. The van der Waals surface area contributed by atoms with E-state index < -0.39 is 0 Å². The summed E-state index contributed by atoms with van der Waals surface area (Å²) in [7, 11) is 0. The number of rotatable bonds is 7. The lowest BCUT2D eigenvalue weighted by Gasteiger charge is -2.32. The van der Waals surface area contributed by atoms with E-state index in [-0.39, 0.29) is 30.4 Å². The summed E-state index contributed by atoms with van der Waals surface area (Å²) in [4.78, 5) is 12.0. The van der Waals surface area contributed by atoms with Gasteiger partial charge in [0.25, 0.3) is 0 Å². The number of nitrogens with one attached hydrogen (secondary N) is 1. The van der Waals surface area contributed by atoms with Gasteiger partial charge in [0.15, 0.2) is 0 Å². The Balaban J connectivity index is 0.00000361. The summed E-state index contributed by atoms with van der Waals surface area (Å²) >= 11 is 1.74. The molecule has 0 aromatic heterocycles. The second kappa shape index (κ2) is 10.7. The van der Waals surface area contributed by atoms with E-state index in [0.29, 0.717) is 5.92 Å². The molecular formula is C15H31ClN2OS. The number of hydrogen-bond acceptors (Lipinski definition) is 3. The molecule has 0 spiro atoms. The van der Waals surface area contributed by atoms with Gasteiger partial charge in [-0.25, -0.2) is 0 Å². The van der Waals surface area contributed by atoms with Crippen LogP contribution in [0.1, 0.15) is 52.4 Å². The van der Waals surface area contributed by atoms with Crippen molar-refractivity contribution in [1.29, 1.82) is 0 Å². The van der Waals surface area contributed by atoms with Crippen molar-refractivity contribution in [3.8, 4) is 0 Å². The fourth-order valence-electron chi connectivity index (χ4n) is 2.91. The Morgan fingerprint density at radius 2 is 1.90 bits per heavy atom. The highest BCUT2D eigenvalue weighted by molar-refractivity contribution is 7.98. The summed E-state index contributed by atoms with van der Waals surface area (Å²) in [5, 5.41) is 3.11. The number of halogens is 1. The predicted molar refractivity (Wildman–Crippen MR) is 91.6 cm³/mol. The van der Waals surface area contributed by atoms with Crippen molar-refractivity contribution in [3.63, 3.8) is 0 Å². The maximum atomic E-state index is 12.0. The van der Waals surface area contributed by atoms with Crippen molar-refractivity contribution in [3.05, 3.63) is 0 Å². The predicted octanol–water partition coefficient (Wildman–Crippen LogP) is 3.21. The van der Waals surface area contributed by atoms with Crippen LogP contribution >= 0.6 is 24.2 Å². The average Bonchev–Trinajstić information content (AvgIpc) is 2.44. The lowest BCUT2D eigenvalue weighted by molar-refractivity contribution is -0.123. The quantitative estimate of drug-likeness (QED) is 0.756. The molecule has 3 atom stereocenters. The molecule has 3 nitrogen and oxygen atoms in total. The van der Waals surface area contributed by atoms with Gasteiger partial charge in [-0.15, -0.1) is 12.4 Å². The standard InChI is InChI=1S/C15H30N2OS.ClH/c1-11(13-7-5-4-6-8-13)12(2)17-15(18)14(16)9-10-19-3;/h11-14H,4-10,16H2,1-3H3,(H,17,18);1H/t11?,12?,14-;/m0./s1. The first-order chi connectivity index (χ1) is 9.06. The molecule has 0 aromatic carbocycles. The van der Waals surface area contributed by atoms with E-state index in [0.717, 1.165) is 18.1 Å². The van der Waals surface area contributed by atoms with Crippen LogP contribution in [0.4, 0.5) is 0 Å². The summed E-state index contributed by atoms with van der Waals surface area (Å²) in [6, 6.07) is -0.121. The molecule has 20 heavy (non-hydrogen) atoms. The third-order valence-electron chi connectivity index (χ3n) is 4.52. The largest absolute Gasteiger partial charge is 0.352 e. The molecule has 0 radical (unpaired) electrons. The minimum atomic E-state index is -0.353. The van der Waals surface area contributed by atoms with Gasteiger partial charge in [-0.1, -0.05) is 39.0 Å². The Kier molecular flexibility index (Phi) is 10.8. The monoisotopic (exact) mass is 322 g/mol. The molecule has 1 saturated carbocycles. The Morgan fingerprint density at radius 1 is 1.30 bits per heavy atom. The minimum absolute atomic E-state index is 0. The Hall–Kier alpha value is 0.0700. The maximum absolute atomic E-state index is 12.0. The van der Waals surface area contributed by atoms with Gasteiger partial charge in [-0.05, 0) is 37.2 Å². The summed E-state index contributed by atoms with van der Waals surface area (Å²) in [6.07, 6.45) is 9.52. The number of amides is 1. The topological polar surface area (TPSA) is 55.1 Å². The first-order valence-electron chi connectivity index (χ1n) is 7.61. The van der Waals surface area contributed by atoms with Gasteiger partial charge in [-0.3, -0.25) is 4.79 Å². The highest BCUT2D eigenvalue weighted by Gasteiger charge is 2.26. The zero-order chi connectivity index (χ0) is 14.3. The Bertz CT molecular complexity index is 273. The first kappa shape index (κ1) is 20.1. The fraction of sp³-hybridized carbons (Fsp3) is 0.933. The third-order valence-corrected chi connectivity index (χ3v) is 5.17. The molecule has 0 aromatic rings. The molecule has 0 aliphatic heterocycles. The van der Waals surface area contributed by atoms with Crippen LogP contribution in [0, 0.1) is 11.8 Å². The first-order valence-corrected chi connectivity index (χ1v) is 9.00. The van der Waals surface area contributed by atoms with Crippen molar-refractivity contribution in [2.75, 3.05) is 12.0 Å². The van der Waals surface area contributed by atoms with Crippen molar-refractivity contribution in [2.24, 2.45) is 17.6 Å². The van der Waals surface area contributed by atoms with E-state index >= 15 is 0 Å². The SMILES string of the molecule is CSCC[C@H](N)C(=O)NC(C)C(C)C1CCCCC1.Cl. The Labute approximate surface area is 134 Å². The molecule has 1 fully saturated rings. The molecular weight excluding hydrogens is 292 g/mol. The summed E-state index contributed by atoms with van der Waals surface area (Å²) in [6.45, 7) is 4.40. The molecule has 0 saturated heterocycles. The van der Waals surface area contributed by atoms with Gasteiger partial charge in [0.1, 0.15) is 0 Å². The molecule has 0 heterocycles. The second-order valence-electron chi connectivity index (χ2n) is 5.94. The summed E-state index contributed by atoms with van der Waals surface area (Å²) < 4.78 is 0. The molecule has 120 valence electrons. The van der Waals surface area contributed by atoms with E-state index in [2.05, 4.69) is 19.2 Å². The molecule has 1 aliphatic rings. The number of nitrogens with two attached hydrogens (primary N) is 1. The smallest absolute Gasteiger partial charge is 0.237 e. The zero-order valence-electron chi connectivity index (χ0n) is 13.1. The van der Waals surface area contributed by atoms with Gasteiger partial charge >= 0.3 is 0 Å². The van der Waals surface area contributed by atoms with Crippen molar-refractivity contribution >= 4 is 30.1 Å². The highest BCUT2D eigenvalue weighted by Crippen LogP contribution is 2.31. The van der Waals surface area contributed by atoms with Crippen LogP contribution in [0.3, 0.4) is 0 Å². The van der Waals surface area contributed by atoms with E-state index in [1.165, 1.54) is 32.1 Å². The average molecular weight is 323 g/mol. The van der Waals surface area contributed by atoms with E-state index in [9.17, 15) is 4.79 Å². The van der Waals surface area contributed by atoms with E-state index in [4.69, 9.17) is 5.73 Å². The van der Waals surface area contributed by atoms with Crippen LogP contribution in [0.2, 0.25) is 0 Å². The van der Waals surface area contributed by atoms with Gasteiger partial charge in [-0.2, -0.15) is 11.8 Å². The lowest BCUT2D eigenvalue weighted by Crippen LogP contribution is -2.47. The molecule has 3 N–H and O–H groups in total. The van der Waals surface area contributed by atoms with Crippen LogP contribution in [0.5, 0.6) is 0 Å². The zero-order valence-corrected chi connectivity index (χ0v) is 14.7. The normalized spacial score (nSPS) is 20.6. The minimum Gasteiger partial charge on any atom is -0.352 e. The van der Waals surface area contributed by atoms with Gasteiger partial charge < -0.3 is 11.1 Å². The van der Waals surface area contributed by atoms with E-state index in [1.807, 2.05) is 6.26 Å². The third kappa shape index (κ3) is 6.68. The van der Waals surface area contributed by atoms with Crippen LogP contribution in [0.25, 0.3) is 0 Å². The number of carbonyl (C=O) groups excluding carboxylic acids is 1. The molecule has 2 unspecified atom stereocenters.